The van der Waals surface area contributed by atoms with E-state index in [1.807, 2.05) is 0 Å². The first-order valence-corrected chi connectivity index (χ1v) is 6.97. The van der Waals surface area contributed by atoms with Gasteiger partial charge in [-0.05, 0) is 42.3 Å². The number of carboxylic acid groups (broad SMARTS) is 1. The minimum atomic E-state index is -1.25. The Balaban J connectivity index is 1.80. The zero-order valence-corrected chi connectivity index (χ0v) is 12.2. The van der Waals surface area contributed by atoms with Gasteiger partial charge in [-0.25, -0.2) is 9.18 Å². The van der Waals surface area contributed by atoms with E-state index in [1.165, 1.54) is 18.4 Å². The summed E-state index contributed by atoms with van der Waals surface area (Å²) in [6.07, 6.45) is 2.52. The molecular weight excluding hydrogens is 305 g/mol. The number of aryl methyl sites for hydroxylation is 1. The number of nitrogens with one attached hydrogen (secondary N) is 1. The SMILES string of the molecule is O=C(CCc1ccoc1)NCC(Oc1ccc(F)cc1)C(=O)O. The van der Waals surface area contributed by atoms with Crippen molar-refractivity contribution in [2.45, 2.75) is 18.9 Å². The van der Waals surface area contributed by atoms with Crippen LogP contribution >= 0.6 is 0 Å². The molecule has 0 saturated carbocycles. The summed E-state index contributed by atoms with van der Waals surface area (Å²) in [6.45, 7) is -0.184. The molecule has 2 N–H and O–H groups in total. The minimum absolute atomic E-state index is 0.184. The Hall–Kier alpha value is -2.83. The third-order valence-corrected chi connectivity index (χ3v) is 3.07. The molecule has 7 heteroatoms. The van der Waals surface area contributed by atoms with Gasteiger partial charge in [0.1, 0.15) is 11.6 Å². The van der Waals surface area contributed by atoms with Crippen LogP contribution in [0.25, 0.3) is 0 Å². The quantitative estimate of drug-likeness (QED) is 0.776. The van der Waals surface area contributed by atoms with Gasteiger partial charge in [-0.2, -0.15) is 0 Å². The minimum Gasteiger partial charge on any atom is -0.478 e. The molecule has 1 amide bonds. The third-order valence-electron chi connectivity index (χ3n) is 3.07. The van der Waals surface area contributed by atoms with E-state index >= 15 is 0 Å². The molecule has 122 valence electrons. The Kier molecular flexibility index (Phi) is 5.74. The van der Waals surface area contributed by atoms with Crippen LogP contribution in [0.4, 0.5) is 4.39 Å². The number of carboxylic acids is 1. The molecule has 1 atom stereocenters. The average Bonchev–Trinajstić information content (AvgIpc) is 3.04. The average molecular weight is 321 g/mol. The van der Waals surface area contributed by atoms with Crippen molar-refractivity contribution < 1.29 is 28.2 Å². The Morgan fingerprint density at radius 3 is 2.61 bits per heavy atom. The molecule has 0 saturated heterocycles. The first kappa shape index (κ1) is 16.5. The second-order valence-electron chi connectivity index (χ2n) is 4.83. The van der Waals surface area contributed by atoms with Crippen LogP contribution in [0.1, 0.15) is 12.0 Å². The number of rotatable bonds is 8. The van der Waals surface area contributed by atoms with Crippen LogP contribution in [-0.2, 0) is 16.0 Å². The molecule has 1 unspecified atom stereocenters. The summed E-state index contributed by atoms with van der Waals surface area (Å²) < 4.78 is 22.9. The standard InChI is InChI=1S/C16H16FNO5/c17-12-2-4-13(5-3-12)23-14(16(20)21)9-18-15(19)6-1-11-7-8-22-10-11/h2-5,7-8,10,14H,1,6,9H2,(H,18,19)(H,20,21). The van der Waals surface area contributed by atoms with E-state index in [0.717, 1.165) is 17.7 Å². The number of furan rings is 1. The summed E-state index contributed by atoms with van der Waals surface area (Å²) in [4.78, 5) is 22.9. The molecule has 1 aromatic heterocycles. The van der Waals surface area contributed by atoms with Crippen molar-refractivity contribution in [2.24, 2.45) is 0 Å². The van der Waals surface area contributed by atoms with Crippen LogP contribution in [0.3, 0.4) is 0 Å². The monoisotopic (exact) mass is 321 g/mol. The molecule has 0 bridgehead atoms. The maximum absolute atomic E-state index is 12.8. The number of carbonyl (C=O) groups is 2. The van der Waals surface area contributed by atoms with Gasteiger partial charge >= 0.3 is 5.97 Å². The zero-order valence-electron chi connectivity index (χ0n) is 12.2. The first-order chi connectivity index (χ1) is 11.0. The predicted octanol–water partition coefficient (Wildman–Crippen LogP) is 2.00. The molecule has 2 rings (SSSR count). The van der Waals surface area contributed by atoms with Crippen molar-refractivity contribution in [1.29, 1.82) is 0 Å². The van der Waals surface area contributed by atoms with E-state index in [1.54, 1.807) is 12.3 Å². The molecule has 2 aromatic rings. The molecule has 1 heterocycles. The first-order valence-electron chi connectivity index (χ1n) is 6.97. The fraction of sp³-hybridized carbons (Fsp3) is 0.250. The molecule has 0 aliphatic heterocycles. The molecule has 0 spiro atoms. The van der Waals surface area contributed by atoms with Crippen molar-refractivity contribution in [1.82, 2.24) is 5.32 Å². The highest BCUT2D eigenvalue weighted by molar-refractivity contribution is 5.78. The molecule has 0 aliphatic carbocycles. The van der Waals surface area contributed by atoms with Crippen LogP contribution in [-0.4, -0.2) is 29.6 Å². The van der Waals surface area contributed by atoms with Crippen molar-refractivity contribution in [2.75, 3.05) is 6.54 Å². The fourth-order valence-corrected chi connectivity index (χ4v) is 1.84. The molecule has 0 radical (unpaired) electrons. The summed E-state index contributed by atoms with van der Waals surface area (Å²) in [5, 5.41) is 11.6. The maximum Gasteiger partial charge on any atom is 0.346 e. The van der Waals surface area contributed by atoms with Gasteiger partial charge < -0.3 is 19.6 Å². The second-order valence-corrected chi connectivity index (χ2v) is 4.83. The summed E-state index contributed by atoms with van der Waals surface area (Å²) >= 11 is 0. The number of benzene rings is 1. The Bertz CT molecular complexity index is 639. The van der Waals surface area contributed by atoms with Crippen LogP contribution in [0.2, 0.25) is 0 Å². The molecule has 0 fully saturated rings. The number of halogens is 1. The normalized spacial score (nSPS) is 11.7. The fourth-order valence-electron chi connectivity index (χ4n) is 1.84. The zero-order chi connectivity index (χ0) is 16.7. The van der Waals surface area contributed by atoms with Gasteiger partial charge in [-0.15, -0.1) is 0 Å². The van der Waals surface area contributed by atoms with Crippen LogP contribution in [0, 0.1) is 5.82 Å². The van der Waals surface area contributed by atoms with Crippen molar-refractivity contribution in [3.05, 3.63) is 54.2 Å². The van der Waals surface area contributed by atoms with Crippen LogP contribution in [0.15, 0.2) is 47.3 Å². The van der Waals surface area contributed by atoms with E-state index in [2.05, 4.69) is 5.32 Å². The maximum atomic E-state index is 12.8. The number of ether oxygens (including phenoxy) is 1. The number of carbonyl (C=O) groups excluding carboxylic acids is 1. The van der Waals surface area contributed by atoms with Crippen molar-refractivity contribution in [3.8, 4) is 5.75 Å². The van der Waals surface area contributed by atoms with E-state index < -0.39 is 17.9 Å². The predicted molar refractivity (Wildman–Crippen MR) is 78.5 cm³/mol. The van der Waals surface area contributed by atoms with Gasteiger partial charge in [0.25, 0.3) is 0 Å². The lowest BCUT2D eigenvalue weighted by atomic mass is 10.2. The van der Waals surface area contributed by atoms with Crippen molar-refractivity contribution >= 4 is 11.9 Å². The van der Waals surface area contributed by atoms with Gasteiger partial charge in [-0.1, -0.05) is 0 Å². The number of amides is 1. The van der Waals surface area contributed by atoms with E-state index in [-0.39, 0.29) is 24.6 Å². The third kappa shape index (κ3) is 5.46. The van der Waals surface area contributed by atoms with Gasteiger partial charge in [0.05, 0.1) is 19.1 Å². The van der Waals surface area contributed by atoms with Gasteiger partial charge in [-0.3, -0.25) is 4.79 Å². The van der Waals surface area contributed by atoms with Gasteiger partial charge in [0.15, 0.2) is 0 Å². The molecular formula is C16H16FNO5. The smallest absolute Gasteiger partial charge is 0.346 e. The number of hydrogen-bond acceptors (Lipinski definition) is 4. The summed E-state index contributed by atoms with van der Waals surface area (Å²) in [6, 6.07) is 6.73. The van der Waals surface area contributed by atoms with Crippen LogP contribution in [0.5, 0.6) is 5.75 Å². The Morgan fingerprint density at radius 2 is 2.00 bits per heavy atom. The highest BCUT2D eigenvalue weighted by atomic mass is 19.1. The lowest BCUT2D eigenvalue weighted by Crippen LogP contribution is -2.40. The highest BCUT2D eigenvalue weighted by Gasteiger charge is 2.20. The van der Waals surface area contributed by atoms with E-state index in [9.17, 15) is 14.0 Å². The van der Waals surface area contributed by atoms with Crippen LogP contribution < -0.4 is 10.1 Å². The number of aliphatic carboxylic acids is 1. The molecule has 23 heavy (non-hydrogen) atoms. The van der Waals surface area contributed by atoms with Gasteiger partial charge in [0, 0.05) is 6.42 Å². The molecule has 1 aromatic carbocycles. The summed E-state index contributed by atoms with van der Waals surface area (Å²) in [5.74, 6) is -1.74. The topological polar surface area (TPSA) is 88.8 Å². The number of hydrogen-bond donors (Lipinski definition) is 2. The lowest BCUT2D eigenvalue weighted by Gasteiger charge is -2.15. The lowest BCUT2D eigenvalue weighted by molar-refractivity contribution is -0.145. The molecule has 6 nitrogen and oxygen atoms in total. The second kappa shape index (κ2) is 7.98. The largest absolute Gasteiger partial charge is 0.478 e. The Morgan fingerprint density at radius 1 is 1.26 bits per heavy atom. The van der Waals surface area contributed by atoms with E-state index in [4.69, 9.17) is 14.3 Å². The highest BCUT2D eigenvalue weighted by Crippen LogP contribution is 2.13. The van der Waals surface area contributed by atoms with Gasteiger partial charge in [0.2, 0.25) is 12.0 Å². The summed E-state index contributed by atoms with van der Waals surface area (Å²) in [7, 11) is 0. The Labute approximate surface area is 131 Å². The van der Waals surface area contributed by atoms with E-state index in [0.29, 0.717) is 6.42 Å². The van der Waals surface area contributed by atoms with Crippen molar-refractivity contribution in [3.63, 3.8) is 0 Å². The molecule has 0 aliphatic rings. The summed E-state index contributed by atoms with van der Waals surface area (Å²) in [5.41, 5.74) is 0.887.